The fourth-order valence-corrected chi connectivity index (χ4v) is 8.19. The summed E-state index contributed by atoms with van der Waals surface area (Å²) >= 11 is 3.66. The molecule has 4 aliphatic carbocycles. The van der Waals surface area contributed by atoms with Crippen molar-refractivity contribution in [1.82, 2.24) is 0 Å². The molecule has 0 bridgehead atoms. The maximum Gasteiger partial charge on any atom is 0.146 e. The molecule has 0 heterocycles. The number of hydrogen-bond acceptors (Lipinski definition) is 2. The van der Waals surface area contributed by atoms with Gasteiger partial charge in [0.25, 0.3) is 0 Å². The van der Waals surface area contributed by atoms with Gasteiger partial charge in [-0.25, -0.2) is 0 Å². The highest BCUT2D eigenvalue weighted by molar-refractivity contribution is 9.10. The van der Waals surface area contributed by atoms with Crippen molar-refractivity contribution in [3.05, 3.63) is 0 Å². The highest BCUT2D eigenvalue weighted by Crippen LogP contribution is 2.68. The molecule has 0 aromatic carbocycles. The molecule has 23 heavy (non-hydrogen) atoms. The fourth-order valence-electron chi connectivity index (χ4n) is 7.30. The summed E-state index contributed by atoms with van der Waals surface area (Å²) in [5.74, 6) is 3.21. The van der Waals surface area contributed by atoms with E-state index in [-0.39, 0.29) is 10.2 Å². The monoisotopic (exact) mass is 382 g/mol. The summed E-state index contributed by atoms with van der Waals surface area (Å²) in [6.07, 6.45) is 8.88. The normalized spacial score (nSPS) is 59.2. The second-order valence-corrected chi connectivity index (χ2v) is 10.9. The van der Waals surface area contributed by atoms with Crippen LogP contribution in [0.25, 0.3) is 0 Å². The summed E-state index contributed by atoms with van der Waals surface area (Å²) < 4.78 is 0. The Morgan fingerprint density at radius 2 is 1.74 bits per heavy atom. The molecular weight excluding hydrogens is 352 g/mol. The molecule has 4 unspecified atom stereocenters. The minimum Gasteiger partial charge on any atom is -0.390 e. The highest BCUT2D eigenvalue weighted by atomic mass is 79.9. The zero-order valence-electron chi connectivity index (χ0n) is 14.8. The third-order valence-corrected chi connectivity index (χ3v) is 9.88. The van der Waals surface area contributed by atoms with Crippen LogP contribution in [0.4, 0.5) is 0 Å². The molecule has 0 amide bonds. The summed E-state index contributed by atoms with van der Waals surface area (Å²) in [4.78, 5) is 12.3. The molecule has 4 saturated carbocycles. The lowest BCUT2D eigenvalue weighted by Crippen LogP contribution is -2.57. The maximum absolute atomic E-state index is 12.2. The number of Topliss-reactive ketones (excluding diaryl/α,β-unsaturated/α-hetero) is 1. The number of hydrogen-bond donors (Lipinski definition) is 1. The predicted molar refractivity (Wildman–Crippen MR) is 95.5 cm³/mol. The van der Waals surface area contributed by atoms with E-state index < -0.39 is 5.60 Å². The Labute approximate surface area is 148 Å². The molecule has 130 valence electrons. The number of halogens is 1. The van der Waals surface area contributed by atoms with E-state index in [2.05, 4.69) is 36.7 Å². The zero-order valence-corrected chi connectivity index (χ0v) is 16.4. The quantitative estimate of drug-likeness (QED) is 0.615. The van der Waals surface area contributed by atoms with Crippen LogP contribution in [0.1, 0.15) is 72.1 Å². The number of fused-ring (bicyclic) bond motifs is 5. The number of carbonyl (C=O) groups is 1. The SMILES string of the molecule is C[C@]1(O)CCC2C3CC[C@H]4CC(=O)C(Br)C[C@]4(C)C3CC[C@@]21C. The fraction of sp³-hybridized carbons (Fsp3) is 0.950. The first kappa shape index (κ1) is 16.6. The second kappa shape index (κ2) is 5.06. The summed E-state index contributed by atoms with van der Waals surface area (Å²) in [5.41, 5.74) is -0.0582. The Balaban J connectivity index is 1.66. The van der Waals surface area contributed by atoms with E-state index in [1.165, 1.54) is 25.7 Å². The Kier molecular flexibility index (Phi) is 3.65. The van der Waals surface area contributed by atoms with Gasteiger partial charge in [0, 0.05) is 6.42 Å². The van der Waals surface area contributed by atoms with Gasteiger partial charge in [0.2, 0.25) is 0 Å². The van der Waals surface area contributed by atoms with Gasteiger partial charge in [-0.05, 0) is 86.4 Å². The Bertz CT molecular complexity index is 530. The van der Waals surface area contributed by atoms with E-state index in [9.17, 15) is 9.90 Å². The average Bonchev–Trinajstić information content (AvgIpc) is 2.71. The van der Waals surface area contributed by atoms with E-state index in [1.807, 2.05) is 0 Å². The lowest BCUT2D eigenvalue weighted by Gasteiger charge is -2.61. The van der Waals surface area contributed by atoms with Gasteiger partial charge < -0.3 is 5.11 Å². The molecule has 0 radical (unpaired) electrons. The van der Waals surface area contributed by atoms with Crippen molar-refractivity contribution in [3.8, 4) is 0 Å². The van der Waals surface area contributed by atoms with Crippen molar-refractivity contribution in [2.45, 2.75) is 82.6 Å². The number of alkyl halides is 1. The van der Waals surface area contributed by atoms with Gasteiger partial charge in [0.05, 0.1) is 10.4 Å². The number of aliphatic hydroxyl groups is 1. The van der Waals surface area contributed by atoms with Crippen LogP contribution in [-0.4, -0.2) is 21.3 Å². The lowest BCUT2D eigenvalue weighted by molar-refractivity contribution is -0.151. The van der Waals surface area contributed by atoms with Crippen LogP contribution in [0.3, 0.4) is 0 Å². The van der Waals surface area contributed by atoms with Crippen LogP contribution in [0.15, 0.2) is 0 Å². The van der Waals surface area contributed by atoms with Crippen molar-refractivity contribution >= 4 is 21.7 Å². The third-order valence-electron chi connectivity index (χ3n) is 9.04. The van der Waals surface area contributed by atoms with Crippen LogP contribution < -0.4 is 0 Å². The van der Waals surface area contributed by atoms with Crippen molar-refractivity contribution in [1.29, 1.82) is 0 Å². The van der Waals surface area contributed by atoms with Gasteiger partial charge in [-0.3, -0.25) is 4.79 Å². The summed E-state index contributed by atoms with van der Waals surface area (Å²) in [6, 6.07) is 0. The van der Waals surface area contributed by atoms with Gasteiger partial charge in [0.1, 0.15) is 5.78 Å². The standard InChI is InChI=1S/C20H31BrO2/c1-18-11-16(21)17(22)10-12(18)4-5-13-14(18)6-8-19(2)15(13)7-9-20(19,3)23/h12-16,23H,4-11H2,1-3H3/t12-,13?,14?,15?,16?,18-,19-,20-/m0/s1. The molecule has 0 aliphatic heterocycles. The molecule has 0 spiro atoms. The van der Waals surface area contributed by atoms with E-state index in [0.717, 1.165) is 37.5 Å². The van der Waals surface area contributed by atoms with Crippen molar-refractivity contribution in [2.75, 3.05) is 0 Å². The van der Waals surface area contributed by atoms with Gasteiger partial charge in [0.15, 0.2) is 0 Å². The maximum atomic E-state index is 12.2. The van der Waals surface area contributed by atoms with Crippen LogP contribution in [0.2, 0.25) is 0 Å². The molecule has 4 aliphatic rings. The number of ketones is 1. The molecule has 0 aromatic heterocycles. The first-order chi connectivity index (χ1) is 10.7. The van der Waals surface area contributed by atoms with Gasteiger partial charge >= 0.3 is 0 Å². The van der Waals surface area contributed by atoms with Crippen molar-refractivity contribution in [3.63, 3.8) is 0 Å². The molecule has 2 nitrogen and oxygen atoms in total. The first-order valence-corrected chi connectivity index (χ1v) is 10.5. The summed E-state index contributed by atoms with van der Waals surface area (Å²) in [5, 5.41) is 11.0. The lowest BCUT2D eigenvalue weighted by atomic mass is 9.44. The van der Waals surface area contributed by atoms with E-state index in [4.69, 9.17) is 0 Å². The van der Waals surface area contributed by atoms with Gasteiger partial charge in [-0.15, -0.1) is 0 Å². The van der Waals surface area contributed by atoms with Crippen molar-refractivity contribution in [2.24, 2.45) is 34.5 Å². The highest BCUT2D eigenvalue weighted by Gasteiger charge is 2.63. The molecule has 3 heteroatoms. The minimum absolute atomic E-state index is 0.0718. The van der Waals surface area contributed by atoms with E-state index in [1.54, 1.807) is 0 Å². The largest absolute Gasteiger partial charge is 0.390 e. The Morgan fingerprint density at radius 1 is 1.04 bits per heavy atom. The summed E-state index contributed by atoms with van der Waals surface area (Å²) in [7, 11) is 0. The van der Waals surface area contributed by atoms with Gasteiger partial charge in [-0.1, -0.05) is 29.8 Å². The number of rotatable bonds is 0. The zero-order chi connectivity index (χ0) is 16.6. The van der Waals surface area contributed by atoms with Crippen LogP contribution >= 0.6 is 15.9 Å². The molecule has 0 aromatic rings. The minimum atomic E-state index is -0.485. The number of carbonyl (C=O) groups excluding carboxylic acids is 1. The average molecular weight is 383 g/mol. The molecule has 0 saturated heterocycles. The summed E-state index contributed by atoms with van der Waals surface area (Å²) in [6.45, 7) is 6.91. The first-order valence-electron chi connectivity index (χ1n) is 9.58. The second-order valence-electron chi connectivity index (χ2n) is 9.77. The third kappa shape index (κ3) is 2.11. The topological polar surface area (TPSA) is 37.3 Å². The van der Waals surface area contributed by atoms with Crippen molar-refractivity contribution < 1.29 is 9.90 Å². The molecule has 4 rings (SSSR count). The molecule has 8 atom stereocenters. The van der Waals surface area contributed by atoms with Crippen LogP contribution in [0, 0.1) is 34.5 Å². The molecular formula is C20H31BrO2. The van der Waals surface area contributed by atoms with Crippen LogP contribution in [0.5, 0.6) is 0 Å². The van der Waals surface area contributed by atoms with Crippen LogP contribution in [-0.2, 0) is 4.79 Å². The predicted octanol–water partition coefficient (Wildman–Crippen LogP) is 4.72. The Morgan fingerprint density at radius 3 is 2.48 bits per heavy atom. The van der Waals surface area contributed by atoms with E-state index >= 15 is 0 Å². The molecule has 1 N–H and O–H groups in total. The smallest absolute Gasteiger partial charge is 0.146 e. The van der Waals surface area contributed by atoms with Gasteiger partial charge in [-0.2, -0.15) is 0 Å². The van der Waals surface area contributed by atoms with E-state index in [0.29, 0.717) is 23.0 Å². The molecule has 4 fully saturated rings. The Hall–Kier alpha value is 0.110.